The molecule has 1 fully saturated rings. The van der Waals surface area contributed by atoms with Gasteiger partial charge < -0.3 is 10.1 Å². The SMILES string of the molecule is CC(C)(C)OC(=O)N1CCC[C@@H]1C(=O)Nc1ncc(Cc2cccc(F)c2)s1. The first kappa shape index (κ1) is 20.3. The Morgan fingerprint density at radius 2 is 2.18 bits per heavy atom. The summed E-state index contributed by atoms with van der Waals surface area (Å²) >= 11 is 1.34. The number of benzene rings is 1. The van der Waals surface area contributed by atoms with Gasteiger partial charge in [0.2, 0.25) is 5.91 Å². The maximum absolute atomic E-state index is 13.3. The number of likely N-dealkylation sites (tertiary alicyclic amines) is 1. The average molecular weight is 405 g/mol. The average Bonchev–Trinajstić information content (AvgIpc) is 3.22. The van der Waals surface area contributed by atoms with Crippen LogP contribution < -0.4 is 5.32 Å². The monoisotopic (exact) mass is 405 g/mol. The molecule has 0 spiro atoms. The largest absolute Gasteiger partial charge is 0.444 e. The zero-order chi connectivity index (χ0) is 20.3. The minimum Gasteiger partial charge on any atom is -0.444 e. The lowest BCUT2D eigenvalue weighted by molar-refractivity contribution is -0.120. The zero-order valence-electron chi connectivity index (χ0n) is 16.2. The minimum atomic E-state index is -0.609. The predicted octanol–water partition coefficient (Wildman–Crippen LogP) is 4.21. The maximum atomic E-state index is 13.3. The van der Waals surface area contributed by atoms with Crippen LogP contribution in [0.2, 0.25) is 0 Å². The van der Waals surface area contributed by atoms with Gasteiger partial charge in [0.15, 0.2) is 5.13 Å². The van der Waals surface area contributed by atoms with Gasteiger partial charge in [0.25, 0.3) is 0 Å². The molecule has 0 bridgehead atoms. The lowest BCUT2D eigenvalue weighted by Crippen LogP contribution is -2.45. The molecule has 28 heavy (non-hydrogen) atoms. The van der Waals surface area contributed by atoms with Crippen LogP contribution in [0.3, 0.4) is 0 Å². The van der Waals surface area contributed by atoms with Gasteiger partial charge in [-0.15, -0.1) is 11.3 Å². The van der Waals surface area contributed by atoms with Crippen molar-refractivity contribution < 1.29 is 18.7 Å². The molecule has 1 aromatic carbocycles. The van der Waals surface area contributed by atoms with Gasteiger partial charge in [-0.2, -0.15) is 0 Å². The number of thiazole rings is 1. The van der Waals surface area contributed by atoms with E-state index in [1.54, 1.807) is 33.0 Å². The smallest absolute Gasteiger partial charge is 0.410 e. The molecule has 6 nitrogen and oxygen atoms in total. The number of halogens is 1. The van der Waals surface area contributed by atoms with E-state index < -0.39 is 17.7 Å². The molecule has 1 saturated heterocycles. The normalized spacial score (nSPS) is 16.9. The highest BCUT2D eigenvalue weighted by atomic mass is 32.1. The minimum absolute atomic E-state index is 0.269. The first-order valence-electron chi connectivity index (χ1n) is 9.21. The van der Waals surface area contributed by atoms with Gasteiger partial charge in [-0.05, 0) is 51.3 Å². The van der Waals surface area contributed by atoms with E-state index in [1.165, 1.54) is 28.4 Å². The van der Waals surface area contributed by atoms with Gasteiger partial charge in [-0.3, -0.25) is 9.69 Å². The second-order valence-corrected chi connectivity index (χ2v) is 8.87. The van der Waals surface area contributed by atoms with E-state index in [4.69, 9.17) is 4.74 Å². The summed E-state index contributed by atoms with van der Waals surface area (Å²) in [4.78, 5) is 31.6. The fraction of sp³-hybridized carbons (Fsp3) is 0.450. The number of hydrogen-bond donors (Lipinski definition) is 1. The molecule has 3 rings (SSSR count). The Morgan fingerprint density at radius 3 is 2.89 bits per heavy atom. The van der Waals surface area contributed by atoms with Gasteiger partial charge in [-0.25, -0.2) is 14.2 Å². The highest BCUT2D eigenvalue weighted by Gasteiger charge is 2.36. The molecule has 1 aromatic heterocycles. The number of ether oxygens (including phenoxy) is 1. The molecule has 2 aromatic rings. The Hall–Kier alpha value is -2.48. The number of hydrogen-bond acceptors (Lipinski definition) is 5. The summed E-state index contributed by atoms with van der Waals surface area (Å²) < 4.78 is 18.7. The Labute approximate surface area is 167 Å². The van der Waals surface area contributed by atoms with E-state index in [-0.39, 0.29) is 11.7 Å². The van der Waals surface area contributed by atoms with E-state index >= 15 is 0 Å². The number of rotatable bonds is 4. The summed E-state index contributed by atoms with van der Waals surface area (Å²) in [6.45, 7) is 5.89. The Bertz CT molecular complexity index is 862. The lowest BCUT2D eigenvalue weighted by Gasteiger charge is -2.27. The summed E-state index contributed by atoms with van der Waals surface area (Å²) in [7, 11) is 0. The van der Waals surface area contributed by atoms with Crippen LogP contribution in [-0.4, -0.2) is 40.1 Å². The summed E-state index contributed by atoms with van der Waals surface area (Å²) in [6.07, 6.45) is 3.08. The third-order valence-electron chi connectivity index (χ3n) is 4.23. The van der Waals surface area contributed by atoms with Gasteiger partial charge in [0.1, 0.15) is 17.5 Å². The number of anilines is 1. The van der Waals surface area contributed by atoms with Crippen LogP contribution in [0.15, 0.2) is 30.5 Å². The molecule has 0 aliphatic carbocycles. The molecule has 0 unspecified atom stereocenters. The fourth-order valence-electron chi connectivity index (χ4n) is 3.06. The summed E-state index contributed by atoms with van der Waals surface area (Å²) in [5.74, 6) is -0.547. The first-order chi connectivity index (χ1) is 13.2. The van der Waals surface area contributed by atoms with Gasteiger partial charge in [0.05, 0.1) is 0 Å². The standard InChI is InChI=1S/C20H24FN3O3S/c1-20(2,3)27-19(26)24-9-5-8-16(24)17(25)23-18-22-12-15(28-18)11-13-6-4-7-14(21)10-13/h4,6-7,10,12,16H,5,8-9,11H2,1-3H3,(H,22,23,25)/t16-/m1/s1. The summed E-state index contributed by atoms with van der Waals surface area (Å²) in [5, 5.41) is 3.26. The topological polar surface area (TPSA) is 71.5 Å². The van der Waals surface area contributed by atoms with E-state index in [2.05, 4.69) is 10.3 Å². The number of carbonyl (C=O) groups is 2. The molecular formula is C20H24FN3O3S. The highest BCUT2D eigenvalue weighted by molar-refractivity contribution is 7.15. The fourth-order valence-corrected chi connectivity index (χ4v) is 3.91. The molecule has 0 radical (unpaired) electrons. The molecule has 8 heteroatoms. The Kier molecular flexibility index (Phi) is 5.98. The molecule has 150 valence electrons. The third-order valence-corrected chi connectivity index (χ3v) is 5.15. The van der Waals surface area contributed by atoms with Crippen molar-refractivity contribution in [3.63, 3.8) is 0 Å². The van der Waals surface area contributed by atoms with Crippen molar-refractivity contribution in [3.8, 4) is 0 Å². The number of aromatic nitrogens is 1. The van der Waals surface area contributed by atoms with Crippen molar-refractivity contribution in [2.24, 2.45) is 0 Å². The highest BCUT2D eigenvalue weighted by Crippen LogP contribution is 2.25. The molecule has 1 aliphatic heterocycles. The van der Waals surface area contributed by atoms with Gasteiger partial charge in [0, 0.05) is 24.0 Å². The second kappa shape index (κ2) is 8.26. The maximum Gasteiger partial charge on any atom is 0.410 e. The van der Waals surface area contributed by atoms with Crippen LogP contribution in [0.1, 0.15) is 44.1 Å². The summed E-state index contributed by atoms with van der Waals surface area (Å²) in [5.41, 5.74) is 0.232. The number of amides is 2. The molecule has 0 saturated carbocycles. The summed E-state index contributed by atoms with van der Waals surface area (Å²) in [6, 6.07) is 5.83. The zero-order valence-corrected chi connectivity index (χ0v) is 17.0. The van der Waals surface area contributed by atoms with Crippen LogP contribution in [0, 0.1) is 5.82 Å². The van der Waals surface area contributed by atoms with Gasteiger partial charge in [-0.1, -0.05) is 12.1 Å². The lowest BCUT2D eigenvalue weighted by atomic mass is 10.1. The third kappa shape index (κ3) is 5.28. The van der Waals surface area contributed by atoms with Gasteiger partial charge >= 0.3 is 6.09 Å². The van der Waals surface area contributed by atoms with Crippen LogP contribution >= 0.6 is 11.3 Å². The van der Waals surface area contributed by atoms with Crippen molar-refractivity contribution in [1.29, 1.82) is 0 Å². The molecule has 1 N–H and O–H groups in total. The van der Waals surface area contributed by atoms with Crippen LogP contribution in [0.25, 0.3) is 0 Å². The first-order valence-corrected chi connectivity index (χ1v) is 10.0. The van der Waals surface area contributed by atoms with Crippen LogP contribution in [-0.2, 0) is 16.0 Å². The van der Waals surface area contributed by atoms with E-state index in [1.807, 2.05) is 6.07 Å². The van der Waals surface area contributed by atoms with Crippen molar-refractivity contribution in [3.05, 3.63) is 46.7 Å². The quantitative estimate of drug-likeness (QED) is 0.827. The van der Waals surface area contributed by atoms with Crippen molar-refractivity contribution >= 4 is 28.5 Å². The second-order valence-electron chi connectivity index (χ2n) is 7.76. The van der Waals surface area contributed by atoms with E-state index in [0.717, 1.165) is 16.9 Å². The van der Waals surface area contributed by atoms with Crippen LogP contribution in [0.4, 0.5) is 14.3 Å². The van der Waals surface area contributed by atoms with E-state index in [9.17, 15) is 14.0 Å². The predicted molar refractivity (Wildman–Crippen MR) is 106 cm³/mol. The van der Waals surface area contributed by atoms with Crippen molar-refractivity contribution in [2.45, 2.75) is 51.7 Å². The molecule has 1 aliphatic rings. The van der Waals surface area contributed by atoms with E-state index in [0.29, 0.717) is 24.5 Å². The molecular weight excluding hydrogens is 381 g/mol. The van der Waals surface area contributed by atoms with Crippen LogP contribution in [0.5, 0.6) is 0 Å². The molecule has 1 atom stereocenters. The molecule has 2 amide bonds. The number of carbonyl (C=O) groups excluding carboxylic acids is 2. The number of nitrogens with zero attached hydrogens (tertiary/aromatic N) is 2. The Morgan fingerprint density at radius 1 is 1.39 bits per heavy atom. The van der Waals surface area contributed by atoms with Crippen molar-refractivity contribution in [1.82, 2.24) is 9.88 Å². The van der Waals surface area contributed by atoms with Crippen molar-refractivity contribution in [2.75, 3.05) is 11.9 Å². The Balaban J connectivity index is 1.61. The molecule has 2 heterocycles. The number of nitrogens with one attached hydrogen (secondary N) is 1.